The fraction of sp³-hybridized carbons (Fsp3) is 0.326. The molecule has 2 aliphatic rings. The van der Waals surface area contributed by atoms with E-state index >= 15 is 0 Å². The van der Waals surface area contributed by atoms with Gasteiger partial charge in [0.2, 0.25) is 11.8 Å². The van der Waals surface area contributed by atoms with Crippen molar-refractivity contribution in [2.24, 2.45) is 11.3 Å². The van der Waals surface area contributed by atoms with E-state index < -0.39 is 18.0 Å². The zero-order valence-corrected chi connectivity index (χ0v) is 33.7. The van der Waals surface area contributed by atoms with Crippen molar-refractivity contribution in [1.29, 1.82) is 5.26 Å². The number of aliphatic carboxylic acids is 1. The summed E-state index contributed by atoms with van der Waals surface area (Å²) in [5, 5.41) is 33.4. The van der Waals surface area contributed by atoms with Crippen molar-refractivity contribution in [3.8, 4) is 40.1 Å². The molecule has 2 aliphatic carbocycles. The first-order valence-corrected chi connectivity index (χ1v) is 20.2. The molecule has 3 atom stereocenters. The first-order chi connectivity index (χ1) is 28.0. The van der Waals surface area contributed by atoms with Crippen molar-refractivity contribution >= 4 is 35.0 Å². The van der Waals surface area contributed by atoms with Gasteiger partial charge in [0.1, 0.15) is 29.6 Å². The van der Waals surface area contributed by atoms with Crippen LogP contribution < -0.4 is 14.8 Å². The number of aliphatic hydroxyl groups excluding tert-OH is 1. The molecule has 3 N–H and O–H groups in total. The minimum Gasteiger partial charge on any atom is -0.481 e. The van der Waals surface area contributed by atoms with Gasteiger partial charge in [0.05, 0.1) is 22.6 Å². The van der Waals surface area contributed by atoms with Crippen molar-refractivity contribution in [2.45, 2.75) is 71.1 Å². The lowest BCUT2D eigenvalue weighted by atomic mass is 9.85. The van der Waals surface area contributed by atoms with Gasteiger partial charge in [0.15, 0.2) is 0 Å². The van der Waals surface area contributed by atoms with Crippen LogP contribution in [-0.4, -0.2) is 45.1 Å². The summed E-state index contributed by atoms with van der Waals surface area (Å²) in [7, 11) is 0. The van der Waals surface area contributed by atoms with E-state index in [9.17, 15) is 25.1 Å². The number of halogens is 2. The Labute approximate surface area is 347 Å². The SMILES string of the molecule is C[C@@](CO)(CCc1cc(Cl)c(O[C@H]2CCc3c(-c4cccc(-c5ccc(CNC[C@@H]6CCC(=O)C6)cc5)c4Cl)cccc32)nc1OCc1cncc(C#N)c1)C(=O)O. The number of aromatic nitrogens is 2. The van der Waals surface area contributed by atoms with Gasteiger partial charge in [0, 0.05) is 54.0 Å². The molecule has 0 unspecified atom stereocenters. The third-order valence-corrected chi connectivity index (χ3v) is 11.9. The van der Waals surface area contributed by atoms with Gasteiger partial charge in [0.25, 0.3) is 0 Å². The molecule has 1 fully saturated rings. The van der Waals surface area contributed by atoms with Gasteiger partial charge in [-0.05, 0) is 91.4 Å². The van der Waals surface area contributed by atoms with Crippen molar-refractivity contribution in [1.82, 2.24) is 15.3 Å². The predicted octanol–water partition coefficient (Wildman–Crippen LogP) is 9.11. The van der Waals surface area contributed by atoms with E-state index in [0.29, 0.717) is 52.7 Å². The highest BCUT2D eigenvalue weighted by atomic mass is 35.5. The molecule has 5 aromatic rings. The van der Waals surface area contributed by atoms with E-state index in [0.717, 1.165) is 59.3 Å². The Kier molecular flexibility index (Phi) is 12.7. The summed E-state index contributed by atoms with van der Waals surface area (Å²) >= 11 is 14.0. The molecule has 1 saturated carbocycles. The molecule has 0 amide bonds. The molecule has 3 aromatic carbocycles. The average molecular weight is 820 g/mol. The van der Waals surface area contributed by atoms with E-state index in [1.54, 1.807) is 18.3 Å². The molecule has 12 heteroatoms. The van der Waals surface area contributed by atoms with Gasteiger partial charge in [-0.3, -0.25) is 14.6 Å². The molecule has 2 heterocycles. The Morgan fingerprint density at radius 1 is 0.983 bits per heavy atom. The predicted molar refractivity (Wildman–Crippen MR) is 222 cm³/mol. The molecule has 10 nitrogen and oxygen atoms in total. The highest BCUT2D eigenvalue weighted by molar-refractivity contribution is 6.36. The maximum Gasteiger partial charge on any atom is 0.311 e. The fourth-order valence-corrected chi connectivity index (χ4v) is 8.26. The summed E-state index contributed by atoms with van der Waals surface area (Å²) in [5.74, 6) is 0.0561. The highest BCUT2D eigenvalue weighted by Crippen LogP contribution is 2.45. The molecule has 58 heavy (non-hydrogen) atoms. The summed E-state index contributed by atoms with van der Waals surface area (Å²) in [6, 6.07) is 26.0. The first kappa shape index (κ1) is 40.9. The second-order valence-corrected chi connectivity index (χ2v) is 16.2. The number of carboxylic acid groups (broad SMARTS) is 1. The zero-order chi connectivity index (χ0) is 40.8. The number of hydrogen-bond acceptors (Lipinski definition) is 9. The number of nitrogens with one attached hydrogen (secondary N) is 1. The molecule has 0 spiro atoms. The van der Waals surface area contributed by atoms with E-state index in [1.165, 1.54) is 18.7 Å². The number of rotatable bonds is 16. The van der Waals surface area contributed by atoms with Crippen molar-refractivity contribution in [3.05, 3.63) is 129 Å². The normalized spacial score (nSPS) is 17.1. The number of benzene rings is 3. The van der Waals surface area contributed by atoms with Gasteiger partial charge in [-0.15, -0.1) is 0 Å². The number of nitrogens with zero attached hydrogens (tertiary/aromatic N) is 3. The second-order valence-electron chi connectivity index (χ2n) is 15.4. The monoisotopic (exact) mass is 818 g/mol. The topological polar surface area (TPSA) is 155 Å². The molecule has 0 aliphatic heterocycles. The van der Waals surface area contributed by atoms with Crippen LogP contribution in [0.5, 0.6) is 11.8 Å². The van der Waals surface area contributed by atoms with Gasteiger partial charge in [-0.25, -0.2) is 0 Å². The van der Waals surface area contributed by atoms with E-state index in [1.807, 2.05) is 30.3 Å². The summed E-state index contributed by atoms with van der Waals surface area (Å²) in [5.41, 5.74) is 7.42. The number of hydrogen-bond donors (Lipinski definition) is 3. The average Bonchev–Trinajstić information content (AvgIpc) is 3.85. The van der Waals surface area contributed by atoms with Crippen LogP contribution in [0.25, 0.3) is 22.3 Å². The molecule has 298 valence electrons. The van der Waals surface area contributed by atoms with Crippen LogP contribution in [0, 0.1) is 22.7 Å². The Morgan fingerprint density at radius 2 is 1.76 bits per heavy atom. The van der Waals surface area contributed by atoms with Crippen LogP contribution in [0.2, 0.25) is 10.0 Å². The number of Topliss-reactive ketones (excluding diaryl/α,β-unsaturated/α-hetero) is 1. The molecule has 2 aromatic heterocycles. The van der Waals surface area contributed by atoms with Crippen LogP contribution in [-0.2, 0) is 35.6 Å². The minimum atomic E-state index is -1.38. The van der Waals surface area contributed by atoms with Gasteiger partial charge in [-0.2, -0.15) is 10.2 Å². The maximum absolute atomic E-state index is 11.9. The lowest BCUT2D eigenvalue weighted by Crippen LogP contribution is -2.32. The zero-order valence-electron chi connectivity index (χ0n) is 32.1. The standard InChI is InChI=1S/C46H44Cl2N4O6/c1-46(27-53,45(55)56)17-16-33-20-40(47)44(52-43(33)57-26-31-18-30(21-49)24-51-25-31)58-41-15-14-37-36(5-3-6-38(37)41)39-7-2-4-35(42(39)48)32-11-8-28(9-12-32)22-50-23-29-10-13-34(54)19-29/h2-9,11-12,18,20,24-25,29,41,50,53H,10,13-17,19,22-23,26-27H2,1H3,(H,55,56)/t29-,41+,46+/m1/s1. The smallest absolute Gasteiger partial charge is 0.311 e. The van der Waals surface area contributed by atoms with Crippen molar-refractivity contribution < 1.29 is 29.3 Å². The number of ketones is 1. The van der Waals surface area contributed by atoms with Crippen LogP contribution in [0.3, 0.4) is 0 Å². The third-order valence-electron chi connectivity index (χ3n) is 11.2. The summed E-state index contributed by atoms with van der Waals surface area (Å²) in [6.07, 6.45) is 6.77. The summed E-state index contributed by atoms with van der Waals surface area (Å²) in [4.78, 5) is 32.4. The number of aliphatic hydroxyl groups is 1. The van der Waals surface area contributed by atoms with Gasteiger partial charge >= 0.3 is 5.97 Å². The number of fused-ring (bicyclic) bond motifs is 1. The number of carbonyl (C=O) groups excluding carboxylic acids is 1. The van der Waals surface area contributed by atoms with Gasteiger partial charge < -0.3 is 25.0 Å². The van der Waals surface area contributed by atoms with Gasteiger partial charge in [-0.1, -0.05) is 83.9 Å². The highest BCUT2D eigenvalue weighted by Gasteiger charge is 2.33. The lowest BCUT2D eigenvalue weighted by Gasteiger charge is -2.23. The van der Waals surface area contributed by atoms with Crippen molar-refractivity contribution in [2.75, 3.05) is 13.2 Å². The minimum absolute atomic E-state index is 0.0427. The van der Waals surface area contributed by atoms with Crippen LogP contribution in [0.4, 0.5) is 0 Å². The van der Waals surface area contributed by atoms with E-state index in [4.69, 9.17) is 37.7 Å². The van der Waals surface area contributed by atoms with Crippen LogP contribution >= 0.6 is 23.2 Å². The van der Waals surface area contributed by atoms with E-state index in [-0.39, 0.29) is 42.3 Å². The lowest BCUT2D eigenvalue weighted by molar-refractivity contribution is -0.150. The maximum atomic E-state index is 11.9. The molecular formula is C46H44Cl2N4O6. The third kappa shape index (κ3) is 9.19. The molecular weight excluding hydrogens is 775 g/mol. The second kappa shape index (κ2) is 18.1. The van der Waals surface area contributed by atoms with Crippen LogP contribution in [0.1, 0.15) is 78.5 Å². The summed E-state index contributed by atoms with van der Waals surface area (Å²) in [6.45, 7) is 2.58. The largest absolute Gasteiger partial charge is 0.481 e. The van der Waals surface area contributed by atoms with Crippen LogP contribution in [0.15, 0.2) is 85.2 Å². The molecule has 7 rings (SSSR count). The Bertz CT molecular complexity index is 2360. The molecule has 0 bridgehead atoms. The number of pyridine rings is 2. The Hall–Kier alpha value is -5.31. The Balaban J connectivity index is 1.10. The quantitative estimate of drug-likeness (QED) is 0.0878. The van der Waals surface area contributed by atoms with E-state index in [2.05, 4.69) is 46.7 Å². The molecule has 0 radical (unpaired) electrons. The molecule has 0 saturated heterocycles. The fourth-order valence-electron chi connectivity index (χ4n) is 7.70. The summed E-state index contributed by atoms with van der Waals surface area (Å²) < 4.78 is 12.7. The number of carbonyl (C=O) groups is 2. The van der Waals surface area contributed by atoms with Crippen molar-refractivity contribution in [3.63, 3.8) is 0 Å². The number of carboxylic acids is 1. The number of ether oxygens (including phenoxy) is 2. The Morgan fingerprint density at radius 3 is 2.50 bits per heavy atom. The number of aryl methyl sites for hydroxylation is 1. The first-order valence-electron chi connectivity index (χ1n) is 19.4. The number of nitriles is 1.